The molecule has 2 aromatic rings. The fraction of sp³-hybridized carbons (Fsp3) is 0.250. The van der Waals surface area contributed by atoms with Gasteiger partial charge in [0.1, 0.15) is 0 Å². The summed E-state index contributed by atoms with van der Waals surface area (Å²) < 4.78 is 4.72. The fourth-order valence-electron chi connectivity index (χ4n) is 2.59. The third-order valence-corrected chi connectivity index (χ3v) is 4.20. The normalized spacial score (nSPS) is 11.4. The lowest BCUT2D eigenvalue weighted by molar-refractivity contribution is -0.141. The Labute approximate surface area is 162 Å². The highest BCUT2D eigenvalue weighted by Crippen LogP contribution is 2.25. The van der Waals surface area contributed by atoms with Crippen LogP contribution < -0.4 is 10.6 Å². The maximum atomic E-state index is 12.5. The molecule has 2 rings (SSSR count). The highest BCUT2D eigenvalue weighted by molar-refractivity contribution is 6.31. The summed E-state index contributed by atoms with van der Waals surface area (Å²) in [5, 5.41) is 5.97. The molecule has 0 spiro atoms. The van der Waals surface area contributed by atoms with Crippen LogP contribution in [-0.4, -0.2) is 24.9 Å². The zero-order chi connectivity index (χ0) is 19.8. The van der Waals surface area contributed by atoms with Crippen molar-refractivity contribution in [1.82, 2.24) is 5.32 Å². The van der Waals surface area contributed by atoms with E-state index < -0.39 is 12.0 Å². The van der Waals surface area contributed by atoms with E-state index in [2.05, 4.69) is 10.6 Å². The number of rotatable bonds is 7. The van der Waals surface area contributed by atoms with Crippen LogP contribution in [0.3, 0.4) is 0 Å². The molecule has 2 aromatic carbocycles. The van der Waals surface area contributed by atoms with E-state index in [-0.39, 0.29) is 24.7 Å². The minimum atomic E-state index is -0.586. The van der Waals surface area contributed by atoms with Crippen LogP contribution in [0.1, 0.15) is 30.5 Å². The Kier molecular flexibility index (Phi) is 7.37. The van der Waals surface area contributed by atoms with Crippen LogP contribution in [0.4, 0.5) is 5.69 Å². The molecule has 0 saturated carbocycles. The molecule has 1 atom stereocenters. The first-order valence-corrected chi connectivity index (χ1v) is 8.74. The van der Waals surface area contributed by atoms with E-state index in [4.69, 9.17) is 16.3 Å². The van der Waals surface area contributed by atoms with Gasteiger partial charge in [0.05, 0.1) is 26.0 Å². The topological polar surface area (TPSA) is 84.5 Å². The second-order valence-electron chi connectivity index (χ2n) is 5.98. The molecule has 27 heavy (non-hydrogen) atoms. The van der Waals surface area contributed by atoms with Gasteiger partial charge in [-0.1, -0.05) is 41.9 Å². The molecule has 0 radical (unpaired) electrons. The van der Waals surface area contributed by atoms with E-state index in [0.717, 1.165) is 5.56 Å². The maximum absolute atomic E-state index is 12.5. The Bertz CT molecular complexity index is 821. The molecule has 0 saturated heterocycles. The largest absolute Gasteiger partial charge is 0.469 e. The van der Waals surface area contributed by atoms with Crippen LogP contribution in [0.15, 0.2) is 48.5 Å². The lowest BCUT2D eigenvalue weighted by Crippen LogP contribution is -2.31. The summed E-state index contributed by atoms with van der Waals surface area (Å²) in [6.45, 7) is 1.43. The van der Waals surface area contributed by atoms with Gasteiger partial charge in [0, 0.05) is 17.6 Å². The van der Waals surface area contributed by atoms with Gasteiger partial charge < -0.3 is 15.4 Å². The summed E-state index contributed by atoms with van der Waals surface area (Å²) in [5.41, 5.74) is 2.09. The maximum Gasteiger partial charge on any atom is 0.307 e. The van der Waals surface area contributed by atoms with Crippen LogP contribution >= 0.6 is 11.6 Å². The fourth-order valence-corrected chi connectivity index (χ4v) is 2.85. The molecule has 0 aliphatic rings. The third-order valence-electron chi connectivity index (χ3n) is 3.85. The lowest BCUT2D eigenvalue weighted by atomic mass is 10.0. The quantitative estimate of drug-likeness (QED) is 0.713. The van der Waals surface area contributed by atoms with Crippen LogP contribution in [0, 0.1) is 0 Å². The molecule has 2 amide bonds. The standard InChI is InChI=1S/C20H21ClN2O4/c1-13(24)22-15-9-7-14(8-10-15)11-19(25)23-18(12-20(26)27-2)16-5-3-4-6-17(16)21/h3-10,18H,11-12H2,1-2H3,(H,22,24)(H,23,25)/t18-/m1/s1. The smallest absolute Gasteiger partial charge is 0.307 e. The van der Waals surface area contributed by atoms with E-state index in [0.29, 0.717) is 16.3 Å². The van der Waals surface area contributed by atoms with E-state index in [1.54, 1.807) is 48.5 Å². The zero-order valence-electron chi connectivity index (χ0n) is 15.1. The Hall–Kier alpha value is -2.86. The minimum absolute atomic E-state index is 0.0204. The van der Waals surface area contributed by atoms with Gasteiger partial charge >= 0.3 is 5.97 Å². The van der Waals surface area contributed by atoms with E-state index in [9.17, 15) is 14.4 Å². The van der Waals surface area contributed by atoms with Crippen LogP contribution in [0.25, 0.3) is 0 Å². The Morgan fingerprint density at radius 2 is 1.74 bits per heavy atom. The Morgan fingerprint density at radius 3 is 2.33 bits per heavy atom. The molecule has 0 bridgehead atoms. The first-order valence-electron chi connectivity index (χ1n) is 8.36. The number of methoxy groups -OCH3 is 1. The van der Waals surface area contributed by atoms with Gasteiger partial charge in [-0.15, -0.1) is 0 Å². The van der Waals surface area contributed by atoms with Crippen LogP contribution in [0.2, 0.25) is 5.02 Å². The van der Waals surface area contributed by atoms with Gasteiger partial charge in [-0.25, -0.2) is 0 Å². The SMILES string of the molecule is COC(=O)C[C@@H](NC(=O)Cc1ccc(NC(C)=O)cc1)c1ccccc1Cl. The number of ether oxygens (including phenoxy) is 1. The predicted octanol–water partition coefficient (Wildman–Crippen LogP) is 3.26. The Morgan fingerprint density at radius 1 is 1.07 bits per heavy atom. The monoisotopic (exact) mass is 388 g/mol. The molecule has 7 heteroatoms. The first kappa shape index (κ1) is 20.5. The number of anilines is 1. The summed E-state index contributed by atoms with van der Waals surface area (Å²) >= 11 is 6.21. The molecule has 0 heterocycles. The van der Waals surface area contributed by atoms with E-state index >= 15 is 0 Å². The number of halogens is 1. The third kappa shape index (κ3) is 6.42. The van der Waals surface area contributed by atoms with Gasteiger partial charge in [0.25, 0.3) is 0 Å². The summed E-state index contributed by atoms with van der Waals surface area (Å²) in [4.78, 5) is 35.2. The molecule has 142 valence electrons. The van der Waals surface area contributed by atoms with E-state index in [1.807, 2.05) is 0 Å². The second kappa shape index (κ2) is 9.73. The average molecular weight is 389 g/mol. The highest BCUT2D eigenvalue weighted by Gasteiger charge is 2.21. The van der Waals surface area contributed by atoms with E-state index in [1.165, 1.54) is 14.0 Å². The van der Waals surface area contributed by atoms with Crippen molar-refractivity contribution >= 4 is 35.1 Å². The average Bonchev–Trinajstić information content (AvgIpc) is 2.62. The number of hydrogen-bond donors (Lipinski definition) is 2. The van der Waals surface area contributed by atoms with Crippen molar-refractivity contribution in [2.45, 2.75) is 25.8 Å². The number of nitrogens with one attached hydrogen (secondary N) is 2. The molecule has 0 fully saturated rings. The molecular weight excluding hydrogens is 368 g/mol. The summed E-state index contributed by atoms with van der Waals surface area (Å²) in [5.74, 6) is -0.859. The van der Waals surface area contributed by atoms with Crippen molar-refractivity contribution in [3.63, 3.8) is 0 Å². The summed E-state index contributed by atoms with van der Waals surface area (Å²) in [7, 11) is 1.30. The van der Waals surface area contributed by atoms with Gasteiger partial charge in [-0.05, 0) is 29.3 Å². The number of carbonyl (C=O) groups is 3. The van der Waals surface area contributed by atoms with Gasteiger partial charge in [-0.2, -0.15) is 0 Å². The van der Waals surface area contributed by atoms with Crippen molar-refractivity contribution in [1.29, 1.82) is 0 Å². The summed E-state index contributed by atoms with van der Waals surface area (Å²) in [6.07, 6.45) is 0.107. The molecule has 2 N–H and O–H groups in total. The first-order chi connectivity index (χ1) is 12.9. The van der Waals surface area contributed by atoms with Crippen molar-refractivity contribution < 1.29 is 19.1 Å². The number of carbonyl (C=O) groups excluding carboxylic acids is 3. The van der Waals surface area contributed by atoms with Crippen LogP contribution in [-0.2, 0) is 25.5 Å². The van der Waals surface area contributed by atoms with Crippen molar-refractivity contribution in [2.24, 2.45) is 0 Å². The number of amides is 2. The lowest BCUT2D eigenvalue weighted by Gasteiger charge is -2.19. The summed E-state index contributed by atoms with van der Waals surface area (Å²) in [6, 6.07) is 13.4. The molecule has 0 aromatic heterocycles. The zero-order valence-corrected chi connectivity index (χ0v) is 15.9. The van der Waals surface area contributed by atoms with Gasteiger partial charge in [0.2, 0.25) is 11.8 Å². The predicted molar refractivity (Wildman–Crippen MR) is 103 cm³/mol. The Balaban J connectivity index is 2.08. The molecule has 6 nitrogen and oxygen atoms in total. The van der Waals surface area contributed by atoms with Crippen molar-refractivity contribution in [3.05, 3.63) is 64.7 Å². The number of benzene rings is 2. The van der Waals surface area contributed by atoms with Gasteiger partial charge in [0.15, 0.2) is 0 Å². The second-order valence-corrected chi connectivity index (χ2v) is 6.38. The minimum Gasteiger partial charge on any atom is -0.469 e. The molecule has 0 unspecified atom stereocenters. The van der Waals surface area contributed by atoms with Gasteiger partial charge in [-0.3, -0.25) is 14.4 Å². The highest BCUT2D eigenvalue weighted by atomic mass is 35.5. The molecule has 0 aliphatic heterocycles. The molecular formula is C20H21ClN2O4. The van der Waals surface area contributed by atoms with Crippen molar-refractivity contribution in [2.75, 3.05) is 12.4 Å². The number of hydrogen-bond acceptors (Lipinski definition) is 4. The molecule has 0 aliphatic carbocycles. The van der Waals surface area contributed by atoms with Crippen LogP contribution in [0.5, 0.6) is 0 Å². The number of esters is 1. The van der Waals surface area contributed by atoms with Crippen molar-refractivity contribution in [3.8, 4) is 0 Å².